The Morgan fingerprint density at radius 2 is 1.86 bits per heavy atom. The van der Waals surface area contributed by atoms with Gasteiger partial charge in [-0.1, -0.05) is 35.9 Å². The van der Waals surface area contributed by atoms with E-state index in [1.165, 1.54) is 11.6 Å². The highest BCUT2D eigenvalue weighted by Crippen LogP contribution is 2.29. The highest BCUT2D eigenvalue weighted by Gasteiger charge is 2.32. The van der Waals surface area contributed by atoms with E-state index in [1.807, 2.05) is 11.5 Å². The molecule has 7 nitrogen and oxygen atoms in total. The van der Waals surface area contributed by atoms with Gasteiger partial charge in [0.25, 0.3) is 5.91 Å². The third-order valence-electron chi connectivity index (χ3n) is 7.00. The van der Waals surface area contributed by atoms with E-state index in [4.69, 9.17) is 4.74 Å². The molecule has 2 aliphatic rings. The van der Waals surface area contributed by atoms with Gasteiger partial charge in [0.15, 0.2) is 5.69 Å². The van der Waals surface area contributed by atoms with Gasteiger partial charge < -0.3 is 19.5 Å². The van der Waals surface area contributed by atoms with Crippen molar-refractivity contribution < 1.29 is 23.1 Å². The lowest BCUT2D eigenvalue weighted by atomic mass is 9.95. The number of aromatic nitrogens is 2. The number of carbonyl (C=O) groups is 2. The molecule has 2 aromatic carbocycles. The normalized spacial score (nSPS) is 18.1. The van der Waals surface area contributed by atoms with Crippen LogP contribution in [0.2, 0.25) is 0 Å². The maximum Gasteiger partial charge on any atom is 0.274 e. The molecule has 1 N–H and O–H groups in total. The summed E-state index contributed by atoms with van der Waals surface area (Å²) < 4.78 is 34.9. The van der Waals surface area contributed by atoms with Gasteiger partial charge in [-0.15, -0.1) is 0 Å². The number of nitrogens with one attached hydrogen (secondary N) is 1. The van der Waals surface area contributed by atoms with Crippen LogP contribution in [-0.4, -0.2) is 39.4 Å². The average Bonchev–Trinajstić information content (AvgIpc) is 3.31. The molecule has 0 aliphatic carbocycles. The van der Waals surface area contributed by atoms with Crippen molar-refractivity contribution in [3.05, 3.63) is 88.5 Å². The van der Waals surface area contributed by atoms with Crippen LogP contribution in [0.15, 0.2) is 48.8 Å². The van der Waals surface area contributed by atoms with Crippen LogP contribution in [0.5, 0.6) is 0 Å². The summed E-state index contributed by atoms with van der Waals surface area (Å²) in [5.74, 6) is -1.97. The zero-order valence-corrected chi connectivity index (χ0v) is 20.0. The number of benzene rings is 2. The Morgan fingerprint density at radius 3 is 2.58 bits per heavy atom. The number of likely N-dealkylation sites (tertiary alicyclic amines) is 1. The Morgan fingerprint density at radius 1 is 1.11 bits per heavy atom. The minimum absolute atomic E-state index is 0.00549. The fourth-order valence-corrected chi connectivity index (χ4v) is 4.77. The number of amides is 2. The topological polar surface area (TPSA) is 76.5 Å². The highest BCUT2D eigenvalue weighted by atomic mass is 19.1. The van der Waals surface area contributed by atoms with Crippen molar-refractivity contribution in [2.75, 3.05) is 13.1 Å². The summed E-state index contributed by atoms with van der Waals surface area (Å²) in [6, 6.07) is 11.5. The molecular weight excluding hydrogens is 466 g/mol. The van der Waals surface area contributed by atoms with Crippen molar-refractivity contribution >= 4 is 11.8 Å². The van der Waals surface area contributed by atoms with Crippen LogP contribution in [0.3, 0.4) is 0 Å². The quantitative estimate of drug-likeness (QED) is 0.584. The van der Waals surface area contributed by atoms with Gasteiger partial charge in [-0.25, -0.2) is 13.8 Å². The van der Waals surface area contributed by atoms with Crippen molar-refractivity contribution in [3.8, 4) is 0 Å². The number of aryl methyl sites for hydroxylation is 1. The minimum Gasteiger partial charge on any atom is -0.365 e. The first-order valence-corrected chi connectivity index (χ1v) is 12.1. The number of imidazole rings is 1. The maximum absolute atomic E-state index is 13.8. The summed E-state index contributed by atoms with van der Waals surface area (Å²) in [6.07, 6.45) is 2.62. The molecule has 3 heterocycles. The SMILES string of the molecule is Cc1ccc([C@H]2Cn3cnc(C(=O)N4CCC(C(=O)NCc5ccc(F)cc5F)CC4)c3CO2)cc1. The van der Waals surface area contributed by atoms with Crippen molar-refractivity contribution in [3.63, 3.8) is 0 Å². The minimum atomic E-state index is -0.687. The van der Waals surface area contributed by atoms with E-state index in [0.717, 1.165) is 23.4 Å². The number of piperidine rings is 1. The summed E-state index contributed by atoms with van der Waals surface area (Å²) in [5.41, 5.74) is 3.68. The standard InChI is InChI=1S/C27H28F2N4O3/c1-17-2-4-18(5-3-17)24-14-33-16-31-25(23(33)15-36-24)27(35)32-10-8-19(9-11-32)26(34)30-13-20-6-7-21(28)12-22(20)29/h2-7,12,16,19,24H,8-11,13-15H2,1H3,(H,30,34)/t24-/m1/s1. The van der Waals surface area contributed by atoms with E-state index in [9.17, 15) is 18.4 Å². The van der Waals surface area contributed by atoms with E-state index in [1.54, 1.807) is 11.2 Å². The van der Waals surface area contributed by atoms with Gasteiger partial charge in [0.05, 0.1) is 25.2 Å². The van der Waals surface area contributed by atoms with Crippen molar-refractivity contribution in [2.45, 2.75) is 45.6 Å². The smallest absolute Gasteiger partial charge is 0.274 e. The van der Waals surface area contributed by atoms with Crippen LogP contribution in [0.4, 0.5) is 8.78 Å². The van der Waals surface area contributed by atoms with Crippen LogP contribution in [-0.2, 0) is 29.2 Å². The average molecular weight is 495 g/mol. The van der Waals surface area contributed by atoms with E-state index < -0.39 is 11.6 Å². The van der Waals surface area contributed by atoms with Crippen molar-refractivity contribution in [1.29, 1.82) is 0 Å². The second-order valence-corrected chi connectivity index (χ2v) is 9.42. The molecule has 36 heavy (non-hydrogen) atoms. The highest BCUT2D eigenvalue weighted by molar-refractivity contribution is 5.93. The molecule has 0 bridgehead atoms. The number of rotatable bonds is 5. The monoisotopic (exact) mass is 494 g/mol. The number of hydrogen-bond donors (Lipinski definition) is 1. The zero-order chi connectivity index (χ0) is 25.2. The molecule has 0 saturated carbocycles. The molecule has 1 aromatic heterocycles. The van der Waals surface area contributed by atoms with Crippen molar-refractivity contribution in [1.82, 2.24) is 19.8 Å². The zero-order valence-electron chi connectivity index (χ0n) is 20.0. The largest absolute Gasteiger partial charge is 0.365 e. The molecule has 1 saturated heterocycles. The Bertz CT molecular complexity index is 1270. The number of hydrogen-bond acceptors (Lipinski definition) is 4. The molecule has 2 amide bonds. The summed E-state index contributed by atoms with van der Waals surface area (Å²) in [5, 5.41) is 2.73. The predicted octanol–water partition coefficient (Wildman–Crippen LogP) is 3.91. The summed E-state index contributed by atoms with van der Waals surface area (Å²) in [6.45, 7) is 3.80. The summed E-state index contributed by atoms with van der Waals surface area (Å²) in [7, 11) is 0. The Labute approximate surface area is 208 Å². The molecule has 1 atom stereocenters. The molecule has 9 heteroatoms. The molecule has 0 unspecified atom stereocenters. The molecule has 2 aliphatic heterocycles. The maximum atomic E-state index is 13.8. The molecule has 1 fully saturated rings. The van der Waals surface area contributed by atoms with E-state index in [-0.39, 0.29) is 35.9 Å². The summed E-state index contributed by atoms with van der Waals surface area (Å²) >= 11 is 0. The van der Waals surface area contributed by atoms with E-state index in [0.29, 0.717) is 44.8 Å². The Hall–Kier alpha value is -3.59. The Kier molecular flexibility index (Phi) is 6.82. The van der Waals surface area contributed by atoms with E-state index >= 15 is 0 Å². The Balaban J connectivity index is 1.15. The first kappa shape index (κ1) is 24.1. The third-order valence-corrected chi connectivity index (χ3v) is 7.00. The molecule has 188 valence electrons. The lowest BCUT2D eigenvalue weighted by Crippen LogP contribution is -2.43. The van der Waals surface area contributed by atoms with Gasteiger partial charge in [0.2, 0.25) is 5.91 Å². The van der Waals surface area contributed by atoms with Crippen LogP contribution in [0, 0.1) is 24.5 Å². The lowest BCUT2D eigenvalue weighted by Gasteiger charge is -2.31. The number of carbonyl (C=O) groups excluding carboxylic acids is 2. The predicted molar refractivity (Wildman–Crippen MR) is 128 cm³/mol. The molecule has 0 radical (unpaired) electrons. The molecule has 3 aromatic rings. The van der Waals surface area contributed by atoms with Gasteiger partial charge in [-0.3, -0.25) is 9.59 Å². The van der Waals surface area contributed by atoms with Gasteiger partial charge in [0, 0.05) is 37.2 Å². The number of fused-ring (bicyclic) bond motifs is 1. The van der Waals surface area contributed by atoms with E-state index in [2.05, 4.69) is 34.6 Å². The van der Waals surface area contributed by atoms with Gasteiger partial charge >= 0.3 is 0 Å². The molecule has 5 rings (SSSR count). The van der Waals surface area contributed by atoms with Gasteiger partial charge in [-0.05, 0) is 31.4 Å². The van der Waals surface area contributed by atoms with Gasteiger partial charge in [0.1, 0.15) is 17.7 Å². The van der Waals surface area contributed by atoms with Crippen LogP contribution < -0.4 is 5.32 Å². The first-order valence-electron chi connectivity index (χ1n) is 12.1. The third kappa shape index (κ3) is 5.02. The number of nitrogens with zero attached hydrogens (tertiary/aromatic N) is 3. The van der Waals surface area contributed by atoms with Crippen molar-refractivity contribution in [2.24, 2.45) is 5.92 Å². The molecule has 0 spiro atoms. The molecular formula is C27H28F2N4O3. The second kappa shape index (κ2) is 10.2. The number of ether oxygens (including phenoxy) is 1. The lowest BCUT2D eigenvalue weighted by molar-refractivity contribution is -0.126. The van der Waals surface area contributed by atoms with Crippen LogP contribution in [0.25, 0.3) is 0 Å². The number of halogens is 2. The fourth-order valence-electron chi connectivity index (χ4n) is 4.77. The second-order valence-electron chi connectivity index (χ2n) is 9.42. The van der Waals surface area contributed by atoms with Gasteiger partial charge in [-0.2, -0.15) is 0 Å². The fraction of sp³-hybridized carbons (Fsp3) is 0.370. The summed E-state index contributed by atoms with van der Waals surface area (Å²) in [4.78, 5) is 31.9. The van der Waals surface area contributed by atoms with Crippen LogP contribution in [0.1, 0.15) is 51.8 Å². The van der Waals surface area contributed by atoms with Crippen LogP contribution >= 0.6 is 0 Å². The first-order chi connectivity index (χ1) is 17.4.